The maximum Gasteiger partial charge on any atom is 0.326 e. The number of hydrogen-bond acceptors (Lipinski definition) is 2. The third-order valence-corrected chi connectivity index (χ3v) is 8.86. The van der Waals surface area contributed by atoms with E-state index in [1.165, 1.54) is 16.6 Å². The average Bonchev–Trinajstić information content (AvgIpc) is 2.93. The minimum absolute atomic E-state index is 0.367. The summed E-state index contributed by atoms with van der Waals surface area (Å²) in [6.07, 6.45) is 5.52. The summed E-state index contributed by atoms with van der Waals surface area (Å²) in [6.45, 7) is 15.6. The van der Waals surface area contributed by atoms with Gasteiger partial charge in [-0.1, -0.05) is 63.1 Å². The van der Waals surface area contributed by atoms with Crippen molar-refractivity contribution < 1.29 is 13.6 Å². The summed E-state index contributed by atoms with van der Waals surface area (Å²) < 4.78 is 15.2. The van der Waals surface area contributed by atoms with Crippen LogP contribution < -0.4 is 14.4 Å². The summed E-state index contributed by atoms with van der Waals surface area (Å²) >= 11 is 0. The maximum absolute atomic E-state index is 6.38. The van der Waals surface area contributed by atoms with Crippen molar-refractivity contribution >= 4 is 30.2 Å². The maximum atomic E-state index is 6.38. The van der Waals surface area contributed by atoms with E-state index in [0.717, 1.165) is 46.2 Å². The van der Waals surface area contributed by atoms with Crippen LogP contribution in [0.5, 0.6) is 5.75 Å². The second-order valence-electron chi connectivity index (χ2n) is 9.59. The highest BCUT2D eigenvalue weighted by Gasteiger charge is 2.49. The summed E-state index contributed by atoms with van der Waals surface area (Å²) in [5.41, 5.74) is 6.39. The molecule has 0 aliphatic carbocycles. The van der Waals surface area contributed by atoms with Crippen molar-refractivity contribution in [3.8, 4) is 17.0 Å². The molecule has 0 radical (unpaired) electrons. The number of hydrogen-bond donors (Lipinski definition) is 0. The van der Waals surface area contributed by atoms with Crippen molar-refractivity contribution in [3.05, 3.63) is 134 Å². The van der Waals surface area contributed by atoms with Gasteiger partial charge < -0.3 is 9.05 Å². The molecule has 2 aliphatic rings. The van der Waals surface area contributed by atoms with Gasteiger partial charge in [-0.15, -0.1) is 0 Å². The highest BCUT2D eigenvalue weighted by atomic mass is 31.2. The van der Waals surface area contributed by atoms with Gasteiger partial charge in [0, 0.05) is 35.9 Å². The fourth-order valence-corrected chi connectivity index (χ4v) is 6.81. The molecule has 0 spiro atoms. The largest absolute Gasteiger partial charge is 0.436 e. The summed E-state index contributed by atoms with van der Waals surface area (Å²) in [7, 11) is -1.47. The summed E-state index contributed by atoms with van der Waals surface area (Å²) in [6, 6.07) is 29.3. The minimum Gasteiger partial charge on any atom is -0.436 e. The smallest absolute Gasteiger partial charge is 0.326 e. The summed E-state index contributed by atoms with van der Waals surface area (Å²) in [5, 5.41) is 2.19. The molecule has 6 rings (SSSR count). The second kappa shape index (κ2) is 9.18. The van der Waals surface area contributed by atoms with Gasteiger partial charge in [0.05, 0.1) is 10.9 Å². The van der Waals surface area contributed by atoms with Crippen LogP contribution in [0.25, 0.3) is 27.7 Å². The Kier molecular flexibility index (Phi) is 5.82. The van der Waals surface area contributed by atoms with Crippen molar-refractivity contribution in [2.75, 3.05) is 0 Å². The van der Waals surface area contributed by atoms with Gasteiger partial charge in [0.2, 0.25) is 11.2 Å². The zero-order valence-electron chi connectivity index (χ0n) is 21.0. The first-order valence-electron chi connectivity index (χ1n) is 12.5. The van der Waals surface area contributed by atoms with E-state index in [9.17, 15) is 0 Å². The molecule has 0 saturated carbocycles. The van der Waals surface area contributed by atoms with E-state index >= 15 is 0 Å². The minimum atomic E-state index is -1.47. The molecule has 37 heavy (non-hydrogen) atoms. The Morgan fingerprint density at radius 3 is 2.49 bits per heavy atom. The first kappa shape index (κ1) is 23.5. The topological polar surface area (TPSA) is 22.3 Å². The predicted octanol–water partition coefficient (Wildman–Crippen LogP) is 7.99. The molecule has 3 bridgehead atoms. The van der Waals surface area contributed by atoms with E-state index in [1.54, 1.807) is 0 Å². The molecule has 0 fully saturated rings. The lowest BCUT2D eigenvalue weighted by molar-refractivity contribution is -0.717. The number of benzene rings is 3. The fraction of sp³-hybridized carbons (Fsp3) is 0.121. The molecule has 3 aromatic carbocycles. The van der Waals surface area contributed by atoms with Crippen molar-refractivity contribution in [1.82, 2.24) is 0 Å². The number of fused-ring (bicyclic) bond motifs is 7. The van der Waals surface area contributed by atoms with Gasteiger partial charge in [-0.2, -0.15) is 4.57 Å². The third-order valence-electron chi connectivity index (χ3n) is 7.39. The Hall–Kier alpha value is -3.94. The van der Waals surface area contributed by atoms with Gasteiger partial charge >= 0.3 is 8.38 Å². The van der Waals surface area contributed by atoms with E-state index in [-0.39, 0.29) is 5.54 Å². The number of allylic oxidation sites excluding steroid dienone is 4. The van der Waals surface area contributed by atoms with Crippen LogP contribution in [0.4, 0.5) is 0 Å². The lowest BCUT2D eigenvalue weighted by Gasteiger charge is -2.37. The van der Waals surface area contributed by atoms with Crippen molar-refractivity contribution in [2.24, 2.45) is 0 Å². The molecule has 2 unspecified atom stereocenters. The quantitative estimate of drug-likeness (QED) is 0.209. The summed E-state index contributed by atoms with van der Waals surface area (Å²) in [5.74, 6) is 1.31. The highest BCUT2D eigenvalue weighted by Crippen LogP contribution is 2.48. The Bertz CT molecular complexity index is 1600. The number of rotatable bonds is 3. The average molecular weight is 503 g/mol. The van der Waals surface area contributed by atoms with Gasteiger partial charge in [0.1, 0.15) is 11.5 Å². The van der Waals surface area contributed by atoms with Crippen LogP contribution in [0, 0.1) is 0 Å². The molecule has 2 aliphatic heterocycles. The Morgan fingerprint density at radius 2 is 1.68 bits per heavy atom. The normalized spacial score (nSPS) is 20.7. The SMILES string of the molecule is C=C1C=CC(=C)OP(Oc2ccccc2)c2ccc3c(c2)C(=C)C(CC)(C1)[n+]1c-3ccc2ccccc21. The number of nitrogens with zero attached hydrogens (tertiary/aromatic N) is 1. The van der Waals surface area contributed by atoms with Gasteiger partial charge in [-0.05, 0) is 59.7 Å². The van der Waals surface area contributed by atoms with E-state index < -0.39 is 8.38 Å². The van der Waals surface area contributed by atoms with Crippen molar-refractivity contribution in [3.63, 3.8) is 0 Å². The van der Waals surface area contributed by atoms with E-state index in [2.05, 4.69) is 79.2 Å². The molecule has 1 aromatic heterocycles. The molecule has 182 valence electrons. The summed E-state index contributed by atoms with van der Waals surface area (Å²) in [4.78, 5) is 0. The first-order valence-corrected chi connectivity index (χ1v) is 13.7. The highest BCUT2D eigenvalue weighted by molar-refractivity contribution is 7.56. The van der Waals surface area contributed by atoms with Crippen LogP contribution in [-0.2, 0) is 10.1 Å². The molecule has 0 saturated heterocycles. The zero-order valence-corrected chi connectivity index (χ0v) is 21.9. The van der Waals surface area contributed by atoms with Crippen LogP contribution in [0.1, 0.15) is 25.3 Å². The molecule has 0 amide bonds. The van der Waals surface area contributed by atoms with E-state index in [0.29, 0.717) is 5.76 Å². The molecule has 4 heteroatoms. The molecule has 2 atom stereocenters. The molecular weight excluding hydrogens is 473 g/mol. The van der Waals surface area contributed by atoms with Crippen LogP contribution in [0.15, 0.2) is 128 Å². The monoisotopic (exact) mass is 502 g/mol. The standard InChI is InChI=1S/C33H29NO2P/c1-5-33-22-23(2)15-16-24(3)35-37(36-27-12-7-6-8-13-27)28-18-19-29(30(21-28)25(33)4)32-20-17-26-11-9-10-14-31(26)34(32)33/h6-21H,2-5,22H2,1H3/q+1. The number of pyridine rings is 1. The van der Waals surface area contributed by atoms with E-state index in [1.807, 2.05) is 42.5 Å². The molecule has 0 N–H and O–H groups in total. The van der Waals surface area contributed by atoms with Crippen LogP contribution >= 0.6 is 8.38 Å². The van der Waals surface area contributed by atoms with E-state index in [4.69, 9.17) is 15.6 Å². The Labute approximate surface area is 219 Å². The van der Waals surface area contributed by atoms with Crippen molar-refractivity contribution in [2.45, 2.75) is 25.3 Å². The molecule has 4 aromatic rings. The number of aromatic nitrogens is 1. The second-order valence-corrected chi connectivity index (χ2v) is 11.0. The zero-order chi connectivity index (χ0) is 25.6. The van der Waals surface area contributed by atoms with Gasteiger partial charge in [-0.25, -0.2) is 0 Å². The van der Waals surface area contributed by atoms with Gasteiger partial charge in [0.15, 0.2) is 5.54 Å². The number of para-hydroxylation sites is 2. The fourth-order valence-electron chi connectivity index (χ4n) is 5.55. The molecular formula is C33H29NO2P+. The molecule has 3 heterocycles. The Balaban J connectivity index is 1.62. The lowest BCUT2D eigenvalue weighted by Crippen LogP contribution is -2.60. The molecule has 3 nitrogen and oxygen atoms in total. The predicted molar refractivity (Wildman–Crippen MR) is 154 cm³/mol. The Morgan fingerprint density at radius 1 is 0.892 bits per heavy atom. The van der Waals surface area contributed by atoms with Crippen molar-refractivity contribution in [1.29, 1.82) is 0 Å². The van der Waals surface area contributed by atoms with Gasteiger partial charge in [-0.3, -0.25) is 0 Å². The van der Waals surface area contributed by atoms with Crippen LogP contribution in [-0.4, -0.2) is 0 Å². The van der Waals surface area contributed by atoms with Gasteiger partial charge in [0.25, 0.3) is 0 Å². The first-order chi connectivity index (χ1) is 18.0. The third kappa shape index (κ3) is 3.91. The van der Waals surface area contributed by atoms with Crippen LogP contribution in [0.2, 0.25) is 0 Å². The van der Waals surface area contributed by atoms with Crippen LogP contribution in [0.3, 0.4) is 0 Å². The lowest BCUT2D eigenvalue weighted by atomic mass is 9.73.